The third kappa shape index (κ3) is 4.25. The highest BCUT2D eigenvalue weighted by molar-refractivity contribution is 6.30. The van der Waals surface area contributed by atoms with Crippen molar-refractivity contribution in [2.45, 2.75) is 12.8 Å². The van der Waals surface area contributed by atoms with Gasteiger partial charge in [-0.2, -0.15) is 0 Å². The predicted octanol–water partition coefficient (Wildman–Crippen LogP) is 5.23. The molecule has 0 unspecified atom stereocenters. The summed E-state index contributed by atoms with van der Waals surface area (Å²) in [5.74, 6) is 0.699. The number of pyridine rings is 1. The molecule has 0 fully saturated rings. The molecule has 0 aliphatic carbocycles. The summed E-state index contributed by atoms with van der Waals surface area (Å²) in [6.07, 6.45) is 2.87. The van der Waals surface area contributed by atoms with Crippen LogP contribution in [0.5, 0.6) is 5.75 Å². The summed E-state index contributed by atoms with van der Waals surface area (Å²) < 4.78 is 7.18. The number of ether oxygens (including phenoxy) is 1. The number of nitrogens with one attached hydrogen (secondary N) is 1. The van der Waals surface area contributed by atoms with Crippen molar-refractivity contribution in [3.05, 3.63) is 83.6 Å². The van der Waals surface area contributed by atoms with Gasteiger partial charge in [-0.05, 0) is 55.0 Å². The number of aromatic nitrogens is 2. The van der Waals surface area contributed by atoms with Crippen molar-refractivity contribution in [3.63, 3.8) is 0 Å². The van der Waals surface area contributed by atoms with Crippen LogP contribution in [0.15, 0.2) is 72.9 Å². The molecule has 0 radical (unpaired) electrons. The summed E-state index contributed by atoms with van der Waals surface area (Å²) in [7, 11) is 1.61. The van der Waals surface area contributed by atoms with Crippen LogP contribution in [0.4, 0.5) is 5.69 Å². The number of halogens is 1. The normalized spacial score (nSPS) is 10.8. The largest absolute Gasteiger partial charge is 0.497 e. The number of aryl methyl sites for hydroxylation is 1. The van der Waals surface area contributed by atoms with E-state index >= 15 is 0 Å². The smallest absolute Gasteiger partial charge is 0.224 e. The van der Waals surface area contributed by atoms with Crippen molar-refractivity contribution in [1.29, 1.82) is 0 Å². The number of carbonyl (C=O) groups excluding carboxylic acids is 1. The Morgan fingerprint density at radius 2 is 1.83 bits per heavy atom. The van der Waals surface area contributed by atoms with Crippen LogP contribution in [0.25, 0.3) is 16.9 Å². The van der Waals surface area contributed by atoms with E-state index < -0.39 is 0 Å². The van der Waals surface area contributed by atoms with Gasteiger partial charge in [0.15, 0.2) is 0 Å². The molecule has 0 saturated heterocycles. The van der Waals surface area contributed by atoms with E-state index in [1.54, 1.807) is 7.11 Å². The van der Waals surface area contributed by atoms with E-state index in [4.69, 9.17) is 21.3 Å². The minimum Gasteiger partial charge on any atom is -0.497 e. The number of hydrogen-bond acceptors (Lipinski definition) is 3. The van der Waals surface area contributed by atoms with Gasteiger partial charge in [0.05, 0.1) is 18.5 Å². The fourth-order valence-corrected chi connectivity index (χ4v) is 3.38. The van der Waals surface area contributed by atoms with Crippen LogP contribution >= 0.6 is 11.6 Å². The first-order valence-corrected chi connectivity index (χ1v) is 9.67. The van der Waals surface area contributed by atoms with Gasteiger partial charge < -0.3 is 14.5 Å². The van der Waals surface area contributed by atoms with Gasteiger partial charge in [-0.15, -0.1) is 0 Å². The molecular weight excluding hydrogens is 386 g/mol. The average molecular weight is 406 g/mol. The first-order valence-electron chi connectivity index (χ1n) is 9.30. The fraction of sp³-hybridized carbons (Fsp3) is 0.130. The van der Waals surface area contributed by atoms with E-state index in [2.05, 4.69) is 5.32 Å². The van der Waals surface area contributed by atoms with E-state index in [1.807, 2.05) is 77.3 Å². The fourth-order valence-electron chi connectivity index (χ4n) is 3.25. The molecular formula is C23H20ClN3O2. The molecule has 5 nitrogen and oxygen atoms in total. The lowest BCUT2D eigenvalue weighted by atomic mass is 10.1. The minimum absolute atomic E-state index is 0.0527. The van der Waals surface area contributed by atoms with Crippen LogP contribution in [0.1, 0.15) is 12.1 Å². The zero-order chi connectivity index (χ0) is 20.2. The highest BCUT2D eigenvalue weighted by atomic mass is 35.5. The van der Waals surface area contributed by atoms with Gasteiger partial charge in [-0.1, -0.05) is 29.8 Å². The zero-order valence-corrected chi connectivity index (χ0v) is 16.7. The molecule has 4 rings (SSSR count). The summed E-state index contributed by atoms with van der Waals surface area (Å²) in [5.41, 5.74) is 4.43. The molecule has 0 saturated carbocycles. The van der Waals surface area contributed by atoms with Gasteiger partial charge in [0, 0.05) is 28.9 Å². The number of anilines is 1. The van der Waals surface area contributed by atoms with Crippen molar-refractivity contribution >= 4 is 28.8 Å². The number of methoxy groups -OCH3 is 1. The zero-order valence-electron chi connectivity index (χ0n) is 15.9. The molecule has 146 valence electrons. The maximum Gasteiger partial charge on any atom is 0.224 e. The lowest BCUT2D eigenvalue weighted by Crippen LogP contribution is -2.13. The van der Waals surface area contributed by atoms with Crippen molar-refractivity contribution in [1.82, 2.24) is 9.38 Å². The first-order chi connectivity index (χ1) is 14.1. The molecule has 0 bridgehead atoms. The molecule has 2 aromatic carbocycles. The lowest BCUT2D eigenvalue weighted by molar-refractivity contribution is -0.116. The lowest BCUT2D eigenvalue weighted by Gasteiger charge is -2.08. The summed E-state index contributed by atoms with van der Waals surface area (Å²) in [4.78, 5) is 17.3. The van der Waals surface area contributed by atoms with Gasteiger partial charge in [0.25, 0.3) is 0 Å². The number of nitrogens with zero attached hydrogens (tertiary/aromatic N) is 2. The summed E-state index contributed by atoms with van der Waals surface area (Å²) in [6.45, 7) is 0. The number of benzene rings is 2. The van der Waals surface area contributed by atoms with Crippen LogP contribution in [-0.4, -0.2) is 22.4 Å². The number of carbonyl (C=O) groups is 1. The Kier molecular flexibility index (Phi) is 5.49. The SMILES string of the molecule is COc1ccc(NC(=O)CCc2c(-c3ccc(Cl)cc3)nc3ccccn23)cc1. The van der Waals surface area contributed by atoms with Gasteiger partial charge in [-0.3, -0.25) is 4.79 Å². The van der Waals surface area contributed by atoms with E-state index in [-0.39, 0.29) is 5.91 Å². The minimum atomic E-state index is -0.0527. The molecule has 29 heavy (non-hydrogen) atoms. The average Bonchev–Trinajstić information content (AvgIpc) is 3.12. The number of imidazole rings is 1. The number of hydrogen-bond donors (Lipinski definition) is 1. The molecule has 6 heteroatoms. The standard InChI is InChI=1S/C23H20ClN3O2/c1-29-19-11-9-18(10-12-19)25-22(28)14-13-20-23(16-5-7-17(24)8-6-16)26-21-4-2-3-15-27(20)21/h2-12,15H,13-14H2,1H3,(H,25,28). The van der Waals surface area contributed by atoms with Crippen molar-refractivity contribution in [2.75, 3.05) is 12.4 Å². The van der Waals surface area contributed by atoms with Crippen LogP contribution in [0, 0.1) is 0 Å². The molecule has 0 atom stereocenters. The number of amides is 1. The van der Waals surface area contributed by atoms with E-state index in [1.165, 1.54) is 0 Å². The molecule has 1 amide bonds. The van der Waals surface area contributed by atoms with Crippen molar-refractivity contribution in [3.8, 4) is 17.0 Å². The second-order valence-electron chi connectivity index (χ2n) is 6.62. The van der Waals surface area contributed by atoms with Gasteiger partial charge in [0.1, 0.15) is 11.4 Å². The van der Waals surface area contributed by atoms with Crippen LogP contribution < -0.4 is 10.1 Å². The highest BCUT2D eigenvalue weighted by Crippen LogP contribution is 2.27. The first kappa shape index (κ1) is 19.0. The summed E-state index contributed by atoms with van der Waals surface area (Å²) in [6, 6.07) is 20.7. The van der Waals surface area contributed by atoms with E-state index in [9.17, 15) is 4.79 Å². The molecule has 1 N–H and O–H groups in total. The quantitative estimate of drug-likeness (QED) is 0.477. The van der Waals surface area contributed by atoms with Gasteiger partial charge in [-0.25, -0.2) is 4.98 Å². The Hall–Kier alpha value is -3.31. The molecule has 0 aliphatic rings. The Labute approximate surface area is 173 Å². The van der Waals surface area contributed by atoms with Gasteiger partial charge in [0.2, 0.25) is 5.91 Å². The van der Waals surface area contributed by atoms with Crippen LogP contribution in [-0.2, 0) is 11.2 Å². The van der Waals surface area contributed by atoms with E-state index in [0.717, 1.165) is 34.0 Å². The monoisotopic (exact) mass is 405 g/mol. The maximum absolute atomic E-state index is 12.5. The van der Waals surface area contributed by atoms with Crippen LogP contribution in [0.2, 0.25) is 5.02 Å². The summed E-state index contributed by atoms with van der Waals surface area (Å²) >= 11 is 6.03. The molecule has 0 aliphatic heterocycles. The third-order valence-corrected chi connectivity index (χ3v) is 4.96. The van der Waals surface area contributed by atoms with Crippen LogP contribution in [0.3, 0.4) is 0 Å². The van der Waals surface area contributed by atoms with Gasteiger partial charge >= 0.3 is 0 Å². The Bertz CT molecular complexity index is 1140. The third-order valence-electron chi connectivity index (χ3n) is 4.71. The second kappa shape index (κ2) is 8.37. The molecule has 2 heterocycles. The maximum atomic E-state index is 12.5. The van der Waals surface area contributed by atoms with Crippen molar-refractivity contribution in [2.24, 2.45) is 0 Å². The number of fused-ring (bicyclic) bond motifs is 1. The highest BCUT2D eigenvalue weighted by Gasteiger charge is 2.15. The molecule has 0 spiro atoms. The number of rotatable bonds is 6. The van der Waals surface area contributed by atoms with E-state index in [0.29, 0.717) is 17.9 Å². The molecule has 4 aromatic rings. The Morgan fingerprint density at radius 1 is 1.07 bits per heavy atom. The molecule has 2 aromatic heterocycles. The second-order valence-corrected chi connectivity index (χ2v) is 7.06. The topological polar surface area (TPSA) is 55.6 Å². The predicted molar refractivity (Wildman–Crippen MR) is 116 cm³/mol. The summed E-state index contributed by atoms with van der Waals surface area (Å²) in [5, 5.41) is 3.61. The Morgan fingerprint density at radius 3 is 2.55 bits per heavy atom. The Balaban J connectivity index is 1.55. The van der Waals surface area contributed by atoms with Crippen molar-refractivity contribution < 1.29 is 9.53 Å².